The van der Waals surface area contributed by atoms with Gasteiger partial charge in [-0.1, -0.05) is 0 Å². The molecule has 0 atom stereocenters. The Bertz CT molecular complexity index is 346. The van der Waals surface area contributed by atoms with E-state index in [2.05, 4.69) is 0 Å². The first-order valence-corrected chi connectivity index (χ1v) is 7.83. The molecule has 1 aliphatic heterocycles. The Hall–Kier alpha value is -0.460. The topological polar surface area (TPSA) is 63.7 Å². The number of ether oxygens (including phenoxy) is 1. The Morgan fingerprint density at radius 3 is 2.41 bits per heavy atom. The van der Waals surface area contributed by atoms with Crippen LogP contribution < -0.4 is 0 Å². The van der Waals surface area contributed by atoms with Crippen LogP contribution in [0.25, 0.3) is 0 Å². The fourth-order valence-electron chi connectivity index (χ4n) is 2.03. The van der Waals surface area contributed by atoms with E-state index >= 15 is 0 Å². The van der Waals surface area contributed by atoms with E-state index in [1.54, 1.807) is 0 Å². The van der Waals surface area contributed by atoms with Gasteiger partial charge in [-0.05, 0) is 19.9 Å². The highest BCUT2D eigenvalue weighted by atomic mass is 32.2. The van der Waals surface area contributed by atoms with Gasteiger partial charge in [-0.2, -0.15) is 0 Å². The SMILES string of the molecule is CN(CCS(C)(=O)=O)CC1(C=O)CCOCC1. The molecule has 0 saturated carbocycles. The molecule has 0 amide bonds. The summed E-state index contributed by atoms with van der Waals surface area (Å²) in [7, 11) is -1.09. The zero-order valence-corrected chi connectivity index (χ0v) is 11.3. The number of rotatable bonds is 6. The summed E-state index contributed by atoms with van der Waals surface area (Å²) in [4.78, 5) is 13.1. The molecule has 0 bridgehead atoms. The van der Waals surface area contributed by atoms with E-state index in [0.717, 1.165) is 19.1 Å². The van der Waals surface area contributed by atoms with Crippen molar-refractivity contribution >= 4 is 16.1 Å². The Morgan fingerprint density at radius 1 is 1.35 bits per heavy atom. The van der Waals surface area contributed by atoms with Crippen LogP contribution >= 0.6 is 0 Å². The van der Waals surface area contributed by atoms with Gasteiger partial charge in [-0.25, -0.2) is 8.42 Å². The maximum Gasteiger partial charge on any atom is 0.148 e. The fraction of sp³-hybridized carbons (Fsp3) is 0.909. The predicted octanol–water partition coefficient (Wildman–Crippen LogP) is -0.0415. The smallest absolute Gasteiger partial charge is 0.148 e. The largest absolute Gasteiger partial charge is 0.381 e. The lowest BCUT2D eigenvalue weighted by Gasteiger charge is -2.35. The average molecular weight is 263 g/mol. The maximum absolute atomic E-state index is 11.2. The van der Waals surface area contributed by atoms with Crippen molar-refractivity contribution in [3.63, 3.8) is 0 Å². The van der Waals surface area contributed by atoms with Crippen molar-refractivity contribution in [1.82, 2.24) is 4.90 Å². The summed E-state index contributed by atoms with van der Waals surface area (Å²) >= 11 is 0. The van der Waals surface area contributed by atoms with Crippen LogP contribution in [0.3, 0.4) is 0 Å². The molecule has 1 aliphatic rings. The molecule has 0 unspecified atom stereocenters. The van der Waals surface area contributed by atoms with Crippen LogP contribution in [0.2, 0.25) is 0 Å². The zero-order chi connectivity index (χ0) is 12.9. The van der Waals surface area contributed by atoms with Crippen LogP contribution in [0.5, 0.6) is 0 Å². The zero-order valence-electron chi connectivity index (χ0n) is 10.5. The van der Waals surface area contributed by atoms with Gasteiger partial charge in [0.25, 0.3) is 0 Å². The molecular formula is C11H21NO4S. The molecule has 1 fully saturated rings. The molecule has 100 valence electrons. The van der Waals surface area contributed by atoms with Gasteiger partial charge in [-0.3, -0.25) is 0 Å². The van der Waals surface area contributed by atoms with Crippen molar-refractivity contribution in [2.75, 3.05) is 45.4 Å². The van der Waals surface area contributed by atoms with Crippen molar-refractivity contribution in [2.45, 2.75) is 12.8 Å². The third-order valence-electron chi connectivity index (χ3n) is 3.17. The Kier molecular flexibility index (Phi) is 5.09. The molecule has 17 heavy (non-hydrogen) atoms. The minimum absolute atomic E-state index is 0.134. The van der Waals surface area contributed by atoms with Gasteiger partial charge < -0.3 is 14.4 Å². The van der Waals surface area contributed by atoms with Gasteiger partial charge in [0.1, 0.15) is 16.1 Å². The molecular weight excluding hydrogens is 242 g/mol. The lowest BCUT2D eigenvalue weighted by Crippen LogP contribution is -2.42. The first kappa shape index (κ1) is 14.6. The second-order valence-electron chi connectivity index (χ2n) is 4.96. The van der Waals surface area contributed by atoms with Crippen molar-refractivity contribution in [3.8, 4) is 0 Å². The van der Waals surface area contributed by atoms with E-state index in [9.17, 15) is 13.2 Å². The number of aldehydes is 1. The summed E-state index contributed by atoms with van der Waals surface area (Å²) in [5.74, 6) is 0.134. The number of sulfone groups is 1. The van der Waals surface area contributed by atoms with Crippen LogP contribution in [0.4, 0.5) is 0 Å². The summed E-state index contributed by atoms with van der Waals surface area (Å²) in [5.41, 5.74) is -0.357. The average Bonchev–Trinajstić information content (AvgIpc) is 2.27. The van der Waals surface area contributed by atoms with Gasteiger partial charge >= 0.3 is 0 Å². The van der Waals surface area contributed by atoms with E-state index in [1.807, 2.05) is 11.9 Å². The van der Waals surface area contributed by atoms with Crippen LogP contribution in [0.15, 0.2) is 0 Å². The highest BCUT2D eigenvalue weighted by Gasteiger charge is 2.33. The van der Waals surface area contributed by atoms with E-state index in [1.165, 1.54) is 6.26 Å². The molecule has 0 aliphatic carbocycles. The Balaban J connectivity index is 2.47. The number of nitrogens with zero attached hydrogens (tertiary/aromatic N) is 1. The van der Waals surface area contributed by atoms with Crippen molar-refractivity contribution in [3.05, 3.63) is 0 Å². The summed E-state index contributed by atoms with van der Waals surface area (Å²) in [6.45, 7) is 2.29. The molecule has 5 nitrogen and oxygen atoms in total. The summed E-state index contributed by atoms with van der Waals surface area (Å²) in [6.07, 6.45) is 3.68. The molecule has 0 N–H and O–H groups in total. The van der Waals surface area contributed by atoms with Crippen LogP contribution in [-0.2, 0) is 19.4 Å². The highest BCUT2D eigenvalue weighted by Crippen LogP contribution is 2.28. The monoisotopic (exact) mass is 263 g/mol. The summed E-state index contributed by atoms with van der Waals surface area (Å²) < 4.78 is 27.4. The summed E-state index contributed by atoms with van der Waals surface area (Å²) in [5, 5.41) is 0. The van der Waals surface area contributed by atoms with Crippen molar-refractivity contribution < 1.29 is 17.9 Å². The third kappa shape index (κ3) is 5.14. The minimum Gasteiger partial charge on any atom is -0.381 e. The number of hydrogen-bond acceptors (Lipinski definition) is 5. The standard InChI is InChI=1S/C11H21NO4S/c1-12(5-8-17(2,14)15)9-11(10-13)3-6-16-7-4-11/h10H,3-9H2,1-2H3. The second-order valence-corrected chi connectivity index (χ2v) is 7.22. The number of hydrogen-bond donors (Lipinski definition) is 0. The Morgan fingerprint density at radius 2 is 1.94 bits per heavy atom. The lowest BCUT2D eigenvalue weighted by atomic mass is 9.81. The predicted molar refractivity (Wildman–Crippen MR) is 65.8 cm³/mol. The fourth-order valence-corrected chi connectivity index (χ4v) is 2.67. The molecule has 1 heterocycles. The van der Waals surface area contributed by atoms with Crippen molar-refractivity contribution in [1.29, 1.82) is 0 Å². The van der Waals surface area contributed by atoms with E-state index < -0.39 is 9.84 Å². The molecule has 1 saturated heterocycles. The third-order valence-corrected chi connectivity index (χ3v) is 4.09. The highest BCUT2D eigenvalue weighted by molar-refractivity contribution is 7.90. The molecule has 1 rings (SSSR count). The van der Waals surface area contributed by atoms with E-state index in [0.29, 0.717) is 26.3 Å². The number of carbonyl (C=O) groups excluding carboxylic acids is 1. The molecule has 0 aromatic heterocycles. The first-order valence-electron chi connectivity index (χ1n) is 5.77. The van der Waals surface area contributed by atoms with Crippen LogP contribution in [-0.4, -0.2) is 65.0 Å². The van der Waals surface area contributed by atoms with Gasteiger partial charge in [0.05, 0.1) is 5.75 Å². The minimum atomic E-state index is -2.94. The molecule has 0 spiro atoms. The molecule has 0 aromatic rings. The van der Waals surface area contributed by atoms with Crippen molar-refractivity contribution in [2.24, 2.45) is 5.41 Å². The van der Waals surface area contributed by atoms with Gasteiger partial charge in [0.15, 0.2) is 0 Å². The van der Waals surface area contributed by atoms with Crippen LogP contribution in [0.1, 0.15) is 12.8 Å². The van der Waals surface area contributed by atoms with E-state index in [4.69, 9.17) is 4.74 Å². The number of carbonyl (C=O) groups is 1. The lowest BCUT2D eigenvalue weighted by molar-refractivity contribution is -0.122. The maximum atomic E-state index is 11.2. The first-order chi connectivity index (χ1) is 7.87. The quantitative estimate of drug-likeness (QED) is 0.629. The van der Waals surface area contributed by atoms with Gasteiger partial charge in [0, 0.05) is 38.0 Å². The second kappa shape index (κ2) is 5.93. The summed E-state index contributed by atoms with van der Waals surface area (Å²) in [6, 6.07) is 0. The normalized spacial score (nSPS) is 20.4. The van der Waals surface area contributed by atoms with E-state index in [-0.39, 0.29) is 11.2 Å². The Labute approximate surface area is 103 Å². The van der Waals surface area contributed by atoms with Crippen LogP contribution in [0, 0.1) is 5.41 Å². The van der Waals surface area contributed by atoms with Gasteiger partial charge in [-0.15, -0.1) is 0 Å². The van der Waals surface area contributed by atoms with Gasteiger partial charge in [0.2, 0.25) is 0 Å². The molecule has 0 radical (unpaired) electrons. The molecule has 6 heteroatoms. The molecule has 0 aromatic carbocycles.